The highest BCUT2D eigenvalue weighted by Gasteiger charge is 2.17. The number of phenolic OH excluding ortho intramolecular Hbond substituents is 3. The predicted molar refractivity (Wildman–Crippen MR) is 63.6 cm³/mol. The van der Waals surface area contributed by atoms with Crippen molar-refractivity contribution in [3.05, 3.63) is 45.7 Å². The number of carbonyl (C=O) groups excluding carboxylic acids is 1. The molecule has 0 unspecified atom stereocenters. The van der Waals surface area contributed by atoms with Gasteiger partial charge in [0.05, 0.1) is 5.56 Å². The zero-order chi connectivity index (χ0) is 14.2. The lowest BCUT2D eigenvalue weighted by atomic mass is 10.0. The minimum absolute atomic E-state index is 0.165. The van der Waals surface area contributed by atoms with Gasteiger partial charge in [0.25, 0.3) is 5.56 Å². The number of carbonyl (C=O) groups is 1. The summed E-state index contributed by atoms with van der Waals surface area (Å²) < 4.78 is 0. The molecule has 0 spiro atoms. The second kappa shape index (κ2) is 4.37. The number of benzene rings is 1. The Morgan fingerprint density at radius 2 is 1.53 bits per heavy atom. The number of pyridine rings is 1. The molecule has 7 nitrogen and oxygen atoms in total. The summed E-state index contributed by atoms with van der Waals surface area (Å²) in [5.41, 5.74) is -1.16. The zero-order valence-corrected chi connectivity index (χ0v) is 9.41. The Hall–Kier alpha value is -2.96. The molecule has 0 radical (unpaired) electrons. The van der Waals surface area contributed by atoms with Crippen LogP contribution in [-0.2, 0) is 0 Å². The average Bonchev–Trinajstić information content (AvgIpc) is 2.31. The summed E-state index contributed by atoms with van der Waals surface area (Å²) in [4.78, 5) is 25.2. The molecule has 0 bridgehead atoms. The summed E-state index contributed by atoms with van der Waals surface area (Å²) in [7, 11) is 0. The minimum Gasteiger partial charge on any atom is -0.507 e. The van der Waals surface area contributed by atoms with Gasteiger partial charge in [-0.2, -0.15) is 0 Å². The number of hydrogen-bond donors (Lipinski definition) is 5. The summed E-state index contributed by atoms with van der Waals surface area (Å²) in [5.74, 6) is -3.01. The van der Waals surface area contributed by atoms with Gasteiger partial charge in [-0.05, 0) is 6.07 Å². The third-order valence-corrected chi connectivity index (χ3v) is 2.43. The van der Waals surface area contributed by atoms with E-state index in [-0.39, 0.29) is 11.1 Å². The Balaban J connectivity index is 2.56. The van der Waals surface area contributed by atoms with Crippen molar-refractivity contribution in [1.82, 2.24) is 4.98 Å². The monoisotopic (exact) mass is 263 g/mol. The van der Waals surface area contributed by atoms with Crippen molar-refractivity contribution in [1.29, 1.82) is 0 Å². The average molecular weight is 263 g/mol. The van der Waals surface area contributed by atoms with Crippen molar-refractivity contribution in [3.8, 4) is 23.1 Å². The van der Waals surface area contributed by atoms with Crippen LogP contribution in [0.5, 0.6) is 23.1 Å². The number of nitrogens with one attached hydrogen (secondary N) is 1. The highest BCUT2D eigenvalue weighted by atomic mass is 16.3. The largest absolute Gasteiger partial charge is 0.507 e. The van der Waals surface area contributed by atoms with Gasteiger partial charge >= 0.3 is 0 Å². The van der Waals surface area contributed by atoms with Gasteiger partial charge in [-0.3, -0.25) is 14.6 Å². The van der Waals surface area contributed by atoms with E-state index in [9.17, 15) is 24.9 Å². The molecule has 0 aliphatic rings. The predicted octanol–water partition coefficient (Wildman–Crippen LogP) is 0.428. The molecule has 0 atom stereocenters. The molecule has 0 saturated carbocycles. The van der Waals surface area contributed by atoms with E-state index in [1.807, 2.05) is 4.98 Å². The van der Waals surface area contributed by atoms with Gasteiger partial charge in [-0.1, -0.05) is 0 Å². The fourth-order valence-corrected chi connectivity index (χ4v) is 1.56. The highest BCUT2D eigenvalue weighted by Crippen LogP contribution is 2.33. The Labute approximate surface area is 106 Å². The van der Waals surface area contributed by atoms with Gasteiger partial charge in [0.2, 0.25) is 0 Å². The highest BCUT2D eigenvalue weighted by molar-refractivity contribution is 6.11. The lowest BCUT2D eigenvalue weighted by Gasteiger charge is -2.06. The van der Waals surface area contributed by atoms with Crippen molar-refractivity contribution in [3.63, 3.8) is 0 Å². The van der Waals surface area contributed by atoms with Crippen molar-refractivity contribution in [2.24, 2.45) is 0 Å². The van der Waals surface area contributed by atoms with Crippen LogP contribution in [0.4, 0.5) is 0 Å². The Kier molecular flexibility index (Phi) is 2.88. The Bertz CT molecular complexity index is 719. The molecule has 19 heavy (non-hydrogen) atoms. The smallest absolute Gasteiger partial charge is 0.251 e. The molecule has 0 aliphatic carbocycles. The topological polar surface area (TPSA) is 131 Å². The molecule has 0 fully saturated rings. The van der Waals surface area contributed by atoms with Crippen LogP contribution in [0.25, 0.3) is 0 Å². The SMILES string of the molecule is O=C(c1cc(O)[nH]c(=O)c1)c1cc(O)c(O)cc1O. The van der Waals surface area contributed by atoms with E-state index in [2.05, 4.69) is 0 Å². The first-order valence-electron chi connectivity index (χ1n) is 5.11. The number of aromatic amines is 1. The molecule has 0 amide bonds. The van der Waals surface area contributed by atoms with Crippen LogP contribution in [0.15, 0.2) is 29.1 Å². The van der Waals surface area contributed by atoms with Gasteiger partial charge in [0, 0.05) is 23.8 Å². The maximum Gasteiger partial charge on any atom is 0.251 e. The van der Waals surface area contributed by atoms with Gasteiger partial charge in [-0.15, -0.1) is 0 Å². The maximum atomic E-state index is 12.0. The van der Waals surface area contributed by atoms with Gasteiger partial charge in [-0.25, -0.2) is 0 Å². The third kappa shape index (κ3) is 2.34. The Morgan fingerprint density at radius 1 is 0.895 bits per heavy atom. The summed E-state index contributed by atoms with van der Waals surface area (Å²) in [6, 6.07) is 3.61. The lowest BCUT2D eigenvalue weighted by molar-refractivity contribution is 0.103. The number of rotatable bonds is 2. The van der Waals surface area contributed by atoms with Crippen LogP contribution >= 0.6 is 0 Å². The van der Waals surface area contributed by atoms with Gasteiger partial charge in [0.15, 0.2) is 23.2 Å². The number of ketones is 1. The van der Waals surface area contributed by atoms with Crippen LogP contribution in [0.3, 0.4) is 0 Å². The lowest BCUT2D eigenvalue weighted by Crippen LogP contribution is -2.10. The molecule has 5 N–H and O–H groups in total. The molecule has 1 aromatic heterocycles. The van der Waals surface area contributed by atoms with Crippen molar-refractivity contribution in [2.75, 3.05) is 0 Å². The second-order valence-corrected chi connectivity index (χ2v) is 3.81. The van der Waals surface area contributed by atoms with Crippen molar-refractivity contribution >= 4 is 5.78 Å². The number of hydrogen-bond acceptors (Lipinski definition) is 6. The van der Waals surface area contributed by atoms with E-state index in [0.29, 0.717) is 0 Å². The molecule has 2 aromatic rings. The number of aromatic hydroxyl groups is 4. The fraction of sp³-hybridized carbons (Fsp3) is 0. The van der Waals surface area contributed by atoms with E-state index in [1.54, 1.807) is 0 Å². The van der Waals surface area contributed by atoms with Crippen LogP contribution in [0, 0.1) is 0 Å². The first-order valence-corrected chi connectivity index (χ1v) is 5.11. The molecular formula is C12H9NO6. The first kappa shape index (κ1) is 12.5. The first-order chi connectivity index (χ1) is 8.88. The van der Waals surface area contributed by atoms with Gasteiger partial charge in [0.1, 0.15) is 5.75 Å². The fourth-order valence-electron chi connectivity index (χ4n) is 1.56. The minimum atomic E-state index is -0.783. The third-order valence-electron chi connectivity index (χ3n) is 2.43. The maximum absolute atomic E-state index is 12.0. The molecule has 0 aliphatic heterocycles. The van der Waals surface area contributed by atoms with Crippen LogP contribution < -0.4 is 5.56 Å². The van der Waals surface area contributed by atoms with E-state index in [0.717, 1.165) is 24.3 Å². The molecule has 7 heteroatoms. The van der Waals surface area contributed by atoms with E-state index < -0.39 is 34.5 Å². The Morgan fingerprint density at radius 3 is 2.16 bits per heavy atom. The summed E-state index contributed by atoms with van der Waals surface area (Å²) >= 11 is 0. The molecule has 1 heterocycles. The second-order valence-electron chi connectivity index (χ2n) is 3.81. The molecule has 0 saturated heterocycles. The number of aromatic nitrogens is 1. The summed E-state index contributed by atoms with van der Waals surface area (Å²) in [5, 5.41) is 37.2. The summed E-state index contributed by atoms with van der Waals surface area (Å²) in [6.45, 7) is 0. The molecule has 1 aromatic carbocycles. The molecule has 98 valence electrons. The van der Waals surface area contributed by atoms with Crippen molar-refractivity contribution in [2.45, 2.75) is 0 Å². The van der Waals surface area contributed by atoms with Crippen LogP contribution in [-0.4, -0.2) is 31.2 Å². The van der Waals surface area contributed by atoms with E-state index in [4.69, 9.17) is 5.11 Å². The number of H-pyrrole nitrogens is 1. The quantitative estimate of drug-likeness (QED) is 0.303. The van der Waals surface area contributed by atoms with Crippen molar-refractivity contribution < 1.29 is 25.2 Å². The molecular weight excluding hydrogens is 254 g/mol. The standard InChI is InChI=1S/C12H9NO6/c14-7-4-9(16)8(15)3-6(7)12(19)5-1-10(17)13-11(18)2-5/h1-4,14-16H,(H2,13,17,18). The normalized spacial score (nSPS) is 10.3. The zero-order valence-electron chi connectivity index (χ0n) is 9.41. The van der Waals surface area contributed by atoms with E-state index >= 15 is 0 Å². The number of phenols is 3. The van der Waals surface area contributed by atoms with E-state index in [1.165, 1.54) is 0 Å². The molecule has 2 rings (SSSR count). The van der Waals surface area contributed by atoms with Gasteiger partial charge < -0.3 is 20.4 Å². The van der Waals surface area contributed by atoms with Crippen LogP contribution in [0.1, 0.15) is 15.9 Å². The van der Waals surface area contributed by atoms with Crippen LogP contribution in [0.2, 0.25) is 0 Å². The summed E-state index contributed by atoms with van der Waals surface area (Å²) in [6.07, 6.45) is 0.